The van der Waals surface area contributed by atoms with Crippen LogP contribution >= 0.6 is 12.4 Å². The highest BCUT2D eigenvalue weighted by Gasteiger charge is 2.39. The summed E-state index contributed by atoms with van der Waals surface area (Å²) in [4.78, 5) is 21.1. The number of hydrogen-bond donors (Lipinski definition) is 1. The molecule has 0 aliphatic carbocycles. The summed E-state index contributed by atoms with van der Waals surface area (Å²) in [6, 6.07) is 3.44. The lowest BCUT2D eigenvalue weighted by molar-refractivity contribution is -0.122. The van der Waals surface area contributed by atoms with Gasteiger partial charge in [-0.15, -0.1) is 12.4 Å². The van der Waals surface area contributed by atoms with Crippen LogP contribution in [0.4, 0.5) is 10.2 Å². The van der Waals surface area contributed by atoms with Gasteiger partial charge in [-0.05, 0) is 37.9 Å². The van der Waals surface area contributed by atoms with E-state index in [2.05, 4.69) is 15.2 Å². The predicted molar refractivity (Wildman–Crippen MR) is 102 cm³/mol. The molecule has 146 valence electrons. The molecule has 0 aromatic carbocycles. The Bertz CT molecular complexity index is 788. The number of amides is 1. The minimum atomic E-state index is -0.835. The third-order valence-electron chi connectivity index (χ3n) is 5.14. The molecule has 4 heterocycles. The van der Waals surface area contributed by atoms with Crippen LogP contribution in [0.2, 0.25) is 0 Å². The van der Waals surface area contributed by atoms with Crippen molar-refractivity contribution in [2.24, 2.45) is 0 Å². The monoisotopic (exact) mass is 395 g/mol. The number of carbonyl (C=O) groups is 1. The summed E-state index contributed by atoms with van der Waals surface area (Å²) in [6.45, 7) is 1.71. The average molecular weight is 396 g/mol. The first kappa shape index (κ1) is 19.6. The Morgan fingerprint density at radius 3 is 2.85 bits per heavy atom. The fraction of sp³-hybridized carbons (Fsp3) is 0.500. The third kappa shape index (κ3) is 3.77. The zero-order valence-electron chi connectivity index (χ0n) is 15.1. The minimum Gasteiger partial charge on any atom is -0.480 e. The highest BCUT2D eigenvalue weighted by Crippen LogP contribution is 2.32. The molecular weight excluding hydrogens is 373 g/mol. The molecule has 0 radical (unpaired) electrons. The van der Waals surface area contributed by atoms with E-state index in [9.17, 15) is 9.18 Å². The van der Waals surface area contributed by atoms with E-state index in [1.807, 2.05) is 17.0 Å². The minimum absolute atomic E-state index is 0. The quantitative estimate of drug-likeness (QED) is 0.860. The first-order chi connectivity index (χ1) is 12.7. The number of anilines is 1. The summed E-state index contributed by atoms with van der Waals surface area (Å²) in [5, 5.41) is 6.71. The number of hydrogen-bond acceptors (Lipinski definition) is 5. The first-order valence-corrected chi connectivity index (χ1v) is 8.91. The lowest BCUT2D eigenvalue weighted by Gasteiger charge is -2.32. The summed E-state index contributed by atoms with van der Waals surface area (Å²) >= 11 is 0. The number of aromatic amines is 1. The van der Waals surface area contributed by atoms with Gasteiger partial charge in [0, 0.05) is 30.4 Å². The second-order valence-electron chi connectivity index (χ2n) is 6.74. The molecule has 9 heteroatoms. The Morgan fingerprint density at radius 2 is 2.15 bits per heavy atom. The SMILES string of the molecule is COc1nc(N2CCC(N3CCCC(F)C3)C2=O)ccc1-c1cn[nH]c1.Cl. The standard InChI is InChI=1S/C18H22FN5O2.ClH/c1-26-17-14(12-9-20-21-10-12)4-5-16(22-17)24-8-6-15(18(24)25)23-7-2-3-13(19)11-23;/h4-5,9-10,13,15H,2-3,6-8,11H2,1H3,(H,20,21);1H. The van der Waals surface area contributed by atoms with E-state index in [1.54, 1.807) is 24.4 Å². The number of ether oxygens (including phenoxy) is 1. The summed E-state index contributed by atoms with van der Waals surface area (Å²) in [7, 11) is 1.55. The van der Waals surface area contributed by atoms with E-state index in [-0.39, 0.29) is 24.4 Å². The molecule has 2 aromatic heterocycles. The molecule has 27 heavy (non-hydrogen) atoms. The second kappa shape index (κ2) is 8.22. The van der Waals surface area contributed by atoms with Crippen LogP contribution in [0.5, 0.6) is 5.88 Å². The van der Waals surface area contributed by atoms with Crippen LogP contribution in [0.1, 0.15) is 19.3 Å². The number of pyridine rings is 1. The molecule has 7 nitrogen and oxygen atoms in total. The van der Waals surface area contributed by atoms with Gasteiger partial charge in [0.15, 0.2) is 0 Å². The molecule has 2 atom stereocenters. The molecule has 4 rings (SSSR count). The van der Waals surface area contributed by atoms with Crippen LogP contribution < -0.4 is 9.64 Å². The molecule has 1 N–H and O–H groups in total. The zero-order valence-corrected chi connectivity index (χ0v) is 15.9. The van der Waals surface area contributed by atoms with Gasteiger partial charge in [-0.2, -0.15) is 10.1 Å². The molecule has 2 aromatic rings. The molecule has 2 aliphatic heterocycles. The van der Waals surface area contributed by atoms with E-state index in [4.69, 9.17) is 4.74 Å². The van der Waals surface area contributed by atoms with Gasteiger partial charge >= 0.3 is 0 Å². The zero-order chi connectivity index (χ0) is 18.1. The number of H-pyrrole nitrogens is 1. The van der Waals surface area contributed by atoms with Crippen molar-refractivity contribution in [3.8, 4) is 17.0 Å². The number of alkyl halides is 1. The summed E-state index contributed by atoms with van der Waals surface area (Å²) in [5.41, 5.74) is 1.68. The van der Waals surface area contributed by atoms with Crippen molar-refractivity contribution >= 4 is 24.1 Å². The van der Waals surface area contributed by atoms with Gasteiger partial charge in [0.1, 0.15) is 12.0 Å². The van der Waals surface area contributed by atoms with Gasteiger partial charge < -0.3 is 4.74 Å². The second-order valence-corrected chi connectivity index (χ2v) is 6.74. The van der Waals surface area contributed by atoms with Crippen molar-refractivity contribution in [1.29, 1.82) is 0 Å². The number of nitrogens with zero attached hydrogens (tertiary/aromatic N) is 4. The number of methoxy groups -OCH3 is 1. The largest absolute Gasteiger partial charge is 0.480 e. The van der Waals surface area contributed by atoms with E-state index in [0.29, 0.717) is 37.6 Å². The number of rotatable bonds is 4. The third-order valence-corrected chi connectivity index (χ3v) is 5.14. The molecule has 2 aliphatic rings. The summed E-state index contributed by atoms with van der Waals surface area (Å²) in [6.07, 6.45) is 4.71. The van der Waals surface area contributed by atoms with Crippen LogP contribution in [0.15, 0.2) is 24.5 Å². The maximum atomic E-state index is 13.7. The van der Waals surface area contributed by atoms with Crippen molar-refractivity contribution < 1.29 is 13.9 Å². The Kier molecular flexibility index (Phi) is 5.96. The fourth-order valence-electron chi connectivity index (χ4n) is 3.82. The molecule has 0 bridgehead atoms. The van der Waals surface area contributed by atoms with Crippen molar-refractivity contribution in [3.05, 3.63) is 24.5 Å². The van der Waals surface area contributed by atoms with Gasteiger partial charge in [0.25, 0.3) is 0 Å². The maximum absolute atomic E-state index is 13.7. The highest BCUT2D eigenvalue weighted by molar-refractivity contribution is 5.99. The van der Waals surface area contributed by atoms with Crippen LogP contribution in [0.25, 0.3) is 11.1 Å². The molecule has 2 unspecified atom stereocenters. The maximum Gasteiger partial charge on any atom is 0.245 e. The van der Waals surface area contributed by atoms with Crippen molar-refractivity contribution in [2.45, 2.75) is 31.5 Å². The van der Waals surface area contributed by atoms with Crippen LogP contribution in [-0.2, 0) is 4.79 Å². The van der Waals surface area contributed by atoms with Gasteiger partial charge in [-0.3, -0.25) is 19.7 Å². The van der Waals surface area contributed by atoms with Crippen molar-refractivity contribution in [3.63, 3.8) is 0 Å². The van der Waals surface area contributed by atoms with Crippen LogP contribution in [0, 0.1) is 0 Å². The Hall–Kier alpha value is -2.19. The number of halogens is 2. The van der Waals surface area contributed by atoms with E-state index >= 15 is 0 Å². The average Bonchev–Trinajstić information content (AvgIpc) is 3.31. The Labute approximate surface area is 163 Å². The number of likely N-dealkylation sites (tertiary alicyclic amines) is 1. The van der Waals surface area contributed by atoms with Crippen LogP contribution in [-0.4, -0.2) is 64.9 Å². The van der Waals surface area contributed by atoms with Gasteiger partial charge in [-0.25, -0.2) is 4.39 Å². The Morgan fingerprint density at radius 1 is 1.30 bits per heavy atom. The molecular formula is C18H23ClFN5O2. The van der Waals surface area contributed by atoms with E-state index in [0.717, 1.165) is 24.1 Å². The molecule has 0 spiro atoms. The fourth-order valence-corrected chi connectivity index (χ4v) is 3.82. The Balaban J connectivity index is 0.00000210. The molecule has 1 amide bonds. The molecule has 2 fully saturated rings. The number of aromatic nitrogens is 3. The number of piperidine rings is 1. The topological polar surface area (TPSA) is 74.3 Å². The number of nitrogens with one attached hydrogen (secondary N) is 1. The molecule has 2 saturated heterocycles. The van der Waals surface area contributed by atoms with Crippen LogP contribution in [0.3, 0.4) is 0 Å². The number of carbonyl (C=O) groups excluding carboxylic acids is 1. The lowest BCUT2D eigenvalue weighted by Crippen LogP contribution is -2.47. The van der Waals surface area contributed by atoms with Crippen molar-refractivity contribution in [1.82, 2.24) is 20.1 Å². The van der Waals surface area contributed by atoms with E-state index < -0.39 is 6.17 Å². The van der Waals surface area contributed by atoms with Gasteiger partial charge in [0.05, 0.1) is 19.3 Å². The van der Waals surface area contributed by atoms with Crippen molar-refractivity contribution in [2.75, 3.05) is 31.6 Å². The van der Waals surface area contributed by atoms with E-state index in [1.165, 1.54) is 0 Å². The highest BCUT2D eigenvalue weighted by atomic mass is 35.5. The van der Waals surface area contributed by atoms with Gasteiger partial charge in [-0.1, -0.05) is 0 Å². The smallest absolute Gasteiger partial charge is 0.245 e. The first-order valence-electron chi connectivity index (χ1n) is 8.91. The predicted octanol–water partition coefficient (Wildman–Crippen LogP) is 2.44. The normalized spacial score (nSPS) is 23.3. The summed E-state index contributed by atoms with van der Waals surface area (Å²) < 4.78 is 19.1. The molecule has 0 saturated carbocycles. The lowest BCUT2D eigenvalue weighted by atomic mass is 10.1. The summed E-state index contributed by atoms with van der Waals surface area (Å²) in [5.74, 6) is 1.00. The van der Waals surface area contributed by atoms with Gasteiger partial charge in [0.2, 0.25) is 11.8 Å².